The van der Waals surface area contributed by atoms with Gasteiger partial charge < -0.3 is 15.0 Å². The van der Waals surface area contributed by atoms with Gasteiger partial charge in [-0.05, 0) is 25.7 Å². The van der Waals surface area contributed by atoms with Gasteiger partial charge in [0.1, 0.15) is 11.9 Å². The average Bonchev–Trinajstić information content (AvgIpc) is 2.29. The molecule has 0 aromatic heterocycles. The third-order valence-electron chi connectivity index (χ3n) is 2.76. The van der Waals surface area contributed by atoms with Gasteiger partial charge in [0.05, 0.1) is 12.2 Å². The van der Waals surface area contributed by atoms with E-state index < -0.39 is 0 Å². The van der Waals surface area contributed by atoms with E-state index in [-0.39, 0.29) is 6.10 Å². The van der Waals surface area contributed by atoms with Gasteiger partial charge in [0.2, 0.25) is 0 Å². The number of nitrogens with one attached hydrogen (secondary N) is 1. The molecule has 0 fully saturated rings. The lowest BCUT2D eigenvalue weighted by atomic mass is 10.2. The molecule has 0 radical (unpaired) electrons. The summed E-state index contributed by atoms with van der Waals surface area (Å²) in [5, 5.41) is 3.39. The number of anilines is 1. The lowest BCUT2D eigenvalue weighted by molar-refractivity contribution is 0.154. The van der Waals surface area contributed by atoms with Crippen LogP contribution in [0.15, 0.2) is 24.3 Å². The normalized spacial score (nSPS) is 19.3. The van der Waals surface area contributed by atoms with Gasteiger partial charge in [-0.15, -0.1) is 0 Å². The number of benzene rings is 1. The van der Waals surface area contributed by atoms with Crippen LogP contribution < -0.4 is 10.1 Å². The van der Waals surface area contributed by atoms with E-state index in [4.69, 9.17) is 4.74 Å². The molecule has 2 rings (SSSR count). The zero-order valence-electron chi connectivity index (χ0n) is 9.36. The maximum Gasteiger partial charge on any atom is 0.142 e. The number of fused-ring (bicyclic) bond motifs is 1. The second kappa shape index (κ2) is 4.53. The first kappa shape index (κ1) is 10.3. The van der Waals surface area contributed by atoms with Crippen LogP contribution in [0.5, 0.6) is 5.75 Å². The van der Waals surface area contributed by atoms with Crippen LogP contribution >= 0.6 is 0 Å². The largest absolute Gasteiger partial charge is 0.485 e. The fraction of sp³-hybridized carbons (Fsp3) is 0.500. The van der Waals surface area contributed by atoms with Gasteiger partial charge in [-0.1, -0.05) is 19.1 Å². The number of nitrogens with zero attached hydrogens (tertiary/aromatic N) is 1. The molecular formula is C12H18N2O. The van der Waals surface area contributed by atoms with Gasteiger partial charge in [0.25, 0.3) is 0 Å². The van der Waals surface area contributed by atoms with Gasteiger partial charge in [-0.2, -0.15) is 0 Å². The van der Waals surface area contributed by atoms with E-state index in [2.05, 4.69) is 30.3 Å². The van der Waals surface area contributed by atoms with Crippen molar-refractivity contribution in [2.24, 2.45) is 0 Å². The highest BCUT2D eigenvalue weighted by Crippen LogP contribution is 2.28. The lowest BCUT2D eigenvalue weighted by Gasteiger charge is -2.29. The van der Waals surface area contributed by atoms with Crippen LogP contribution in [0.25, 0.3) is 0 Å². The van der Waals surface area contributed by atoms with E-state index >= 15 is 0 Å². The first-order valence-electron chi connectivity index (χ1n) is 5.47. The second-order valence-corrected chi connectivity index (χ2v) is 3.97. The zero-order valence-corrected chi connectivity index (χ0v) is 9.36. The van der Waals surface area contributed by atoms with Crippen LogP contribution in [-0.2, 0) is 0 Å². The molecule has 0 spiro atoms. The summed E-state index contributed by atoms with van der Waals surface area (Å²) in [6.07, 6.45) is 0.254. The molecule has 1 heterocycles. The maximum atomic E-state index is 5.90. The molecule has 1 aromatic carbocycles. The Balaban J connectivity index is 1.99. The Hall–Kier alpha value is -1.22. The molecule has 0 aliphatic carbocycles. The zero-order chi connectivity index (χ0) is 10.7. The van der Waals surface area contributed by atoms with Crippen molar-refractivity contribution >= 4 is 5.69 Å². The molecule has 1 aliphatic heterocycles. The van der Waals surface area contributed by atoms with Crippen LogP contribution in [0.1, 0.15) is 6.92 Å². The monoisotopic (exact) mass is 206 g/mol. The Bertz CT molecular complexity index is 327. The van der Waals surface area contributed by atoms with Gasteiger partial charge in [-0.25, -0.2) is 0 Å². The molecular weight excluding hydrogens is 188 g/mol. The van der Waals surface area contributed by atoms with Crippen LogP contribution in [-0.4, -0.2) is 37.7 Å². The molecule has 0 amide bonds. The molecule has 1 aliphatic rings. The third-order valence-corrected chi connectivity index (χ3v) is 2.76. The lowest BCUT2D eigenvalue weighted by Crippen LogP contribution is -2.40. The molecule has 15 heavy (non-hydrogen) atoms. The minimum absolute atomic E-state index is 0.254. The Morgan fingerprint density at radius 1 is 1.47 bits per heavy atom. The van der Waals surface area contributed by atoms with Gasteiger partial charge in [-0.3, -0.25) is 0 Å². The van der Waals surface area contributed by atoms with Crippen molar-refractivity contribution in [2.75, 3.05) is 32.0 Å². The summed E-state index contributed by atoms with van der Waals surface area (Å²) < 4.78 is 5.90. The fourth-order valence-electron chi connectivity index (χ4n) is 1.74. The van der Waals surface area contributed by atoms with Crippen LogP contribution in [0.2, 0.25) is 0 Å². The predicted molar refractivity (Wildman–Crippen MR) is 62.5 cm³/mol. The maximum absolute atomic E-state index is 5.90. The Morgan fingerprint density at radius 2 is 2.27 bits per heavy atom. The van der Waals surface area contributed by atoms with E-state index in [0.29, 0.717) is 0 Å². The summed E-state index contributed by atoms with van der Waals surface area (Å²) in [5.74, 6) is 0.971. The Morgan fingerprint density at radius 3 is 3.07 bits per heavy atom. The van der Waals surface area contributed by atoms with Crippen LogP contribution in [0, 0.1) is 0 Å². The predicted octanol–water partition coefficient (Wildman–Crippen LogP) is 1.81. The van der Waals surface area contributed by atoms with Gasteiger partial charge in [0.15, 0.2) is 0 Å². The topological polar surface area (TPSA) is 24.5 Å². The molecule has 3 nitrogen and oxygen atoms in total. The number of para-hydroxylation sites is 2. The van der Waals surface area contributed by atoms with E-state index in [0.717, 1.165) is 31.1 Å². The second-order valence-electron chi connectivity index (χ2n) is 3.97. The average molecular weight is 206 g/mol. The van der Waals surface area contributed by atoms with E-state index in [9.17, 15) is 0 Å². The molecule has 1 unspecified atom stereocenters. The van der Waals surface area contributed by atoms with Gasteiger partial charge >= 0.3 is 0 Å². The molecule has 0 bridgehead atoms. The summed E-state index contributed by atoms with van der Waals surface area (Å²) >= 11 is 0. The van der Waals surface area contributed by atoms with E-state index in [1.807, 2.05) is 18.2 Å². The fourth-order valence-corrected chi connectivity index (χ4v) is 1.74. The Labute approximate surface area is 91.0 Å². The van der Waals surface area contributed by atoms with Crippen molar-refractivity contribution in [3.05, 3.63) is 24.3 Å². The van der Waals surface area contributed by atoms with Crippen molar-refractivity contribution in [3.8, 4) is 5.75 Å². The number of hydrogen-bond acceptors (Lipinski definition) is 3. The SMILES string of the molecule is CCN(C)CC1CNc2ccccc2O1. The van der Waals surface area contributed by atoms with E-state index in [1.165, 1.54) is 0 Å². The summed E-state index contributed by atoms with van der Waals surface area (Å²) in [4.78, 5) is 2.26. The molecule has 3 heteroatoms. The van der Waals surface area contributed by atoms with Crippen molar-refractivity contribution < 1.29 is 4.74 Å². The van der Waals surface area contributed by atoms with Gasteiger partial charge in [0, 0.05) is 6.54 Å². The number of likely N-dealkylation sites (N-methyl/N-ethyl adjacent to an activating group) is 1. The quantitative estimate of drug-likeness (QED) is 0.816. The summed E-state index contributed by atoms with van der Waals surface area (Å²) in [6.45, 7) is 5.07. The molecule has 0 saturated carbocycles. The standard InChI is InChI=1S/C12H18N2O/c1-3-14(2)9-10-8-13-11-6-4-5-7-12(11)15-10/h4-7,10,13H,3,8-9H2,1-2H3. The first-order chi connectivity index (χ1) is 7.29. The first-order valence-corrected chi connectivity index (χ1v) is 5.47. The molecule has 82 valence electrons. The molecule has 0 saturated heterocycles. The van der Waals surface area contributed by atoms with Crippen molar-refractivity contribution in [1.82, 2.24) is 4.90 Å². The van der Waals surface area contributed by atoms with E-state index in [1.54, 1.807) is 0 Å². The van der Waals surface area contributed by atoms with Crippen LogP contribution in [0.3, 0.4) is 0 Å². The highest BCUT2D eigenvalue weighted by molar-refractivity contribution is 5.57. The van der Waals surface area contributed by atoms with Crippen molar-refractivity contribution in [2.45, 2.75) is 13.0 Å². The number of rotatable bonds is 3. The molecule has 1 N–H and O–H groups in total. The van der Waals surface area contributed by atoms with Crippen LogP contribution in [0.4, 0.5) is 5.69 Å². The minimum Gasteiger partial charge on any atom is -0.485 e. The summed E-state index contributed by atoms with van der Waals surface area (Å²) in [7, 11) is 2.11. The Kier molecular flexibility index (Phi) is 3.11. The highest BCUT2D eigenvalue weighted by atomic mass is 16.5. The van der Waals surface area contributed by atoms with Crippen molar-refractivity contribution in [1.29, 1.82) is 0 Å². The summed E-state index contributed by atoms with van der Waals surface area (Å²) in [6, 6.07) is 8.09. The highest BCUT2D eigenvalue weighted by Gasteiger charge is 2.19. The third kappa shape index (κ3) is 2.42. The molecule has 1 atom stereocenters. The minimum atomic E-state index is 0.254. The van der Waals surface area contributed by atoms with Crippen molar-refractivity contribution in [3.63, 3.8) is 0 Å². The number of ether oxygens (including phenoxy) is 1. The smallest absolute Gasteiger partial charge is 0.142 e. The number of hydrogen-bond donors (Lipinski definition) is 1. The molecule has 1 aromatic rings. The summed E-state index contributed by atoms with van der Waals surface area (Å²) in [5.41, 5.74) is 1.10.